The lowest BCUT2D eigenvalue weighted by atomic mass is 10.1. The summed E-state index contributed by atoms with van der Waals surface area (Å²) in [6.07, 6.45) is 1.27. The van der Waals surface area contributed by atoms with E-state index in [0.29, 0.717) is 16.9 Å². The fourth-order valence-electron chi connectivity index (χ4n) is 2.83. The molecule has 3 rings (SSSR count). The van der Waals surface area contributed by atoms with E-state index in [1.54, 1.807) is 25.6 Å². The van der Waals surface area contributed by atoms with Gasteiger partial charge >= 0.3 is 0 Å². The van der Waals surface area contributed by atoms with Crippen molar-refractivity contribution in [2.75, 3.05) is 0 Å². The molecular weight excluding hydrogens is 348 g/mol. The van der Waals surface area contributed by atoms with Gasteiger partial charge in [0.1, 0.15) is 5.75 Å². The van der Waals surface area contributed by atoms with Crippen LogP contribution in [-0.2, 0) is 7.05 Å². The number of rotatable bonds is 4. The van der Waals surface area contributed by atoms with E-state index >= 15 is 0 Å². The van der Waals surface area contributed by atoms with Gasteiger partial charge in [0.15, 0.2) is 5.69 Å². The molecule has 1 aromatic heterocycles. The Labute approximate surface area is 154 Å². The first-order chi connectivity index (χ1) is 12.8. The summed E-state index contributed by atoms with van der Waals surface area (Å²) in [5.74, 6) is -0.110. The van der Waals surface area contributed by atoms with Gasteiger partial charge in [0.05, 0.1) is 16.3 Å². The van der Waals surface area contributed by atoms with E-state index in [1.165, 1.54) is 23.0 Å². The summed E-state index contributed by atoms with van der Waals surface area (Å²) >= 11 is 0. The van der Waals surface area contributed by atoms with E-state index in [4.69, 9.17) is 0 Å². The molecule has 0 atom stereocenters. The quantitative estimate of drug-likeness (QED) is 0.435. The number of phenols is 1. The first kappa shape index (κ1) is 18.1. The third-order valence-electron chi connectivity index (χ3n) is 4.38. The molecule has 3 aromatic rings. The van der Waals surface area contributed by atoms with Crippen LogP contribution in [0.4, 0.5) is 11.4 Å². The highest BCUT2D eigenvalue weighted by atomic mass is 16.6. The average Bonchev–Trinajstić information content (AvgIpc) is 2.86. The Kier molecular flexibility index (Phi) is 4.64. The second-order valence-corrected chi connectivity index (χ2v) is 6.13. The smallest absolute Gasteiger partial charge is 0.297 e. The Morgan fingerprint density at radius 2 is 1.85 bits per heavy atom. The molecule has 2 aromatic carbocycles. The van der Waals surface area contributed by atoms with Crippen LogP contribution >= 0.6 is 0 Å². The first-order valence-corrected chi connectivity index (χ1v) is 8.17. The van der Waals surface area contributed by atoms with Gasteiger partial charge in [0, 0.05) is 31.0 Å². The average molecular weight is 366 g/mol. The van der Waals surface area contributed by atoms with E-state index < -0.39 is 4.92 Å². The molecular formula is C19H18N4O4. The van der Waals surface area contributed by atoms with E-state index in [0.717, 1.165) is 0 Å². The molecule has 8 nitrogen and oxygen atoms in total. The Bertz CT molecular complexity index is 1110. The van der Waals surface area contributed by atoms with E-state index in [1.807, 2.05) is 30.3 Å². The number of benzene rings is 2. The van der Waals surface area contributed by atoms with Gasteiger partial charge < -0.3 is 5.11 Å². The summed E-state index contributed by atoms with van der Waals surface area (Å²) < 4.78 is 3.17. The number of nitrogens with zero attached hydrogens (tertiary/aromatic N) is 4. The molecule has 0 saturated carbocycles. The van der Waals surface area contributed by atoms with Gasteiger partial charge in [-0.05, 0) is 31.5 Å². The zero-order chi connectivity index (χ0) is 19.7. The van der Waals surface area contributed by atoms with Crippen LogP contribution in [0.1, 0.15) is 16.8 Å². The zero-order valence-corrected chi connectivity index (χ0v) is 15.1. The van der Waals surface area contributed by atoms with Gasteiger partial charge in [-0.3, -0.25) is 19.6 Å². The van der Waals surface area contributed by atoms with Crippen LogP contribution in [0.3, 0.4) is 0 Å². The summed E-state index contributed by atoms with van der Waals surface area (Å²) in [7, 11) is 1.75. The minimum absolute atomic E-state index is 0.110. The number of hydrogen-bond acceptors (Lipinski definition) is 5. The van der Waals surface area contributed by atoms with Gasteiger partial charge in [-0.1, -0.05) is 18.2 Å². The third kappa shape index (κ3) is 3.24. The van der Waals surface area contributed by atoms with Crippen molar-refractivity contribution in [2.24, 2.45) is 12.0 Å². The summed E-state index contributed by atoms with van der Waals surface area (Å²) in [5.41, 5.74) is 1.58. The monoisotopic (exact) mass is 366 g/mol. The number of hydrogen-bond donors (Lipinski definition) is 1. The van der Waals surface area contributed by atoms with Gasteiger partial charge in [0.2, 0.25) is 0 Å². The Balaban J connectivity index is 2.10. The van der Waals surface area contributed by atoms with E-state index in [-0.39, 0.29) is 28.2 Å². The summed E-state index contributed by atoms with van der Waals surface area (Å²) in [6.45, 7) is 3.32. The van der Waals surface area contributed by atoms with E-state index in [9.17, 15) is 20.0 Å². The SMILES string of the molecule is Cc1cc([N+](=O)[O-])cc(C=Nc2c(C)n(C)n(-c3ccccc3)c2=O)c1O. The van der Waals surface area contributed by atoms with Crippen molar-refractivity contribution < 1.29 is 10.0 Å². The van der Waals surface area contributed by atoms with Crippen LogP contribution < -0.4 is 5.56 Å². The van der Waals surface area contributed by atoms with Crippen molar-refractivity contribution in [2.45, 2.75) is 13.8 Å². The number of aliphatic imine (C=N–C) groups is 1. The number of non-ortho nitro benzene ring substituents is 1. The predicted octanol–water partition coefficient (Wildman–Crippen LogP) is 3.16. The summed E-state index contributed by atoms with van der Waals surface area (Å²) in [4.78, 5) is 27.5. The Hall–Kier alpha value is -3.68. The fraction of sp³-hybridized carbons (Fsp3) is 0.158. The second kappa shape index (κ2) is 6.91. The zero-order valence-electron chi connectivity index (χ0n) is 15.1. The maximum absolute atomic E-state index is 12.8. The van der Waals surface area contributed by atoms with E-state index in [2.05, 4.69) is 4.99 Å². The molecule has 0 spiro atoms. The van der Waals surface area contributed by atoms with Gasteiger partial charge in [-0.2, -0.15) is 0 Å². The van der Waals surface area contributed by atoms with Crippen LogP contribution in [0.5, 0.6) is 5.75 Å². The summed E-state index contributed by atoms with van der Waals surface area (Å²) in [5, 5.41) is 21.2. The van der Waals surface area contributed by atoms with Crippen LogP contribution in [0.25, 0.3) is 5.69 Å². The van der Waals surface area contributed by atoms with Crippen LogP contribution in [0.15, 0.2) is 52.3 Å². The molecule has 0 fully saturated rings. The lowest BCUT2D eigenvalue weighted by Crippen LogP contribution is -2.19. The molecule has 0 amide bonds. The number of aryl methyl sites for hydroxylation is 1. The molecule has 1 N–H and O–H groups in total. The van der Waals surface area contributed by atoms with Crippen molar-refractivity contribution in [3.05, 3.63) is 79.8 Å². The highest BCUT2D eigenvalue weighted by Crippen LogP contribution is 2.27. The molecule has 0 radical (unpaired) electrons. The van der Waals surface area contributed by atoms with Crippen molar-refractivity contribution >= 4 is 17.6 Å². The Morgan fingerprint density at radius 1 is 1.19 bits per heavy atom. The van der Waals surface area contributed by atoms with Crippen molar-refractivity contribution in [3.63, 3.8) is 0 Å². The molecule has 0 saturated heterocycles. The molecule has 8 heteroatoms. The molecule has 27 heavy (non-hydrogen) atoms. The number of phenolic OH excluding ortho intramolecular Hbond substituents is 1. The van der Waals surface area contributed by atoms with Crippen LogP contribution in [0.2, 0.25) is 0 Å². The molecule has 0 bridgehead atoms. The maximum atomic E-state index is 12.8. The number of para-hydroxylation sites is 1. The van der Waals surface area contributed by atoms with Crippen molar-refractivity contribution in [1.29, 1.82) is 0 Å². The van der Waals surface area contributed by atoms with Crippen molar-refractivity contribution in [1.82, 2.24) is 9.36 Å². The van der Waals surface area contributed by atoms with Gasteiger partial charge in [-0.25, -0.2) is 9.67 Å². The lowest BCUT2D eigenvalue weighted by Gasteiger charge is -2.07. The Morgan fingerprint density at radius 3 is 2.48 bits per heavy atom. The third-order valence-corrected chi connectivity index (χ3v) is 4.38. The van der Waals surface area contributed by atoms with Crippen LogP contribution in [0, 0.1) is 24.0 Å². The van der Waals surface area contributed by atoms with Crippen LogP contribution in [-0.4, -0.2) is 25.6 Å². The molecule has 0 aliphatic carbocycles. The molecule has 1 heterocycles. The normalized spacial score (nSPS) is 11.2. The molecule has 0 aliphatic rings. The molecule has 0 aliphatic heterocycles. The predicted molar refractivity (Wildman–Crippen MR) is 102 cm³/mol. The number of aromatic nitrogens is 2. The number of nitro benzene ring substituents is 1. The standard InChI is InChI=1S/C19H18N4O4/c1-12-9-16(23(26)27)10-14(18(12)24)11-20-17-13(2)21(3)22(19(17)25)15-7-5-4-6-8-15/h4-11,24H,1-3H3. The van der Waals surface area contributed by atoms with Gasteiger partial charge in [-0.15, -0.1) is 0 Å². The minimum Gasteiger partial charge on any atom is -0.507 e. The molecule has 0 unspecified atom stereocenters. The molecule has 138 valence electrons. The largest absolute Gasteiger partial charge is 0.507 e. The highest BCUT2D eigenvalue weighted by molar-refractivity contribution is 5.87. The number of nitro groups is 1. The second-order valence-electron chi connectivity index (χ2n) is 6.13. The lowest BCUT2D eigenvalue weighted by molar-refractivity contribution is -0.384. The number of aromatic hydroxyl groups is 1. The summed E-state index contributed by atoms with van der Waals surface area (Å²) in [6, 6.07) is 11.6. The minimum atomic E-state index is -0.542. The highest BCUT2D eigenvalue weighted by Gasteiger charge is 2.16. The topological polar surface area (TPSA) is 103 Å². The van der Waals surface area contributed by atoms with Crippen molar-refractivity contribution in [3.8, 4) is 11.4 Å². The fourth-order valence-corrected chi connectivity index (χ4v) is 2.83. The first-order valence-electron chi connectivity index (χ1n) is 8.17. The maximum Gasteiger partial charge on any atom is 0.297 e. The van der Waals surface area contributed by atoms with Gasteiger partial charge in [0.25, 0.3) is 11.2 Å².